The average Bonchev–Trinajstić information content (AvgIpc) is 2.89. The number of hydrogen-bond donors (Lipinski definition) is 0. The second-order valence-corrected chi connectivity index (χ2v) is 14.7. The Kier molecular flexibility index (Phi) is 22.2. The van der Waals surface area contributed by atoms with Gasteiger partial charge in [0.1, 0.15) is 6.54 Å². The van der Waals surface area contributed by atoms with E-state index in [-0.39, 0.29) is 0 Å². The first kappa shape index (κ1) is 42.2. The predicted molar refractivity (Wildman–Crippen MR) is 176 cm³/mol. The van der Waals surface area contributed by atoms with E-state index < -0.39 is 7.81 Å². The first-order valence-corrected chi connectivity index (χ1v) is 19.7. The molecule has 0 unspecified atom stereocenters. The molecular weight excluding hydrogens is 579 g/mol. The summed E-state index contributed by atoms with van der Waals surface area (Å²) in [6, 6.07) is 4.85. The quantitative estimate of drug-likeness (QED) is 0.0408. The van der Waals surface area contributed by atoms with Crippen LogP contribution in [-0.4, -0.2) is 0 Å². The van der Waals surface area contributed by atoms with Gasteiger partial charge in [-0.15, -0.1) is 0 Å². The Morgan fingerprint density at radius 1 is 0.465 bits per heavy atom. The van der Waals surface area contributed by atoms with Crippen LogP contribution in [0.1, 0.15) is 185 Å². The molecular formula is C35H66F6NP. The molecule has 43 heavy (non-hydrogen) atoms. The summed E-state index contributed by atoms with van der Waals surface area (Å²) in [6.45, 7) is 10.4. The number of rotatable bonds is 26. The predicted octanol–water partition coefficient (Wildman–Crippen LogP) is 14.9. The van der Waals surface area contributed by atoms with Crippen molar-refractivity contribution in [3.05, 3.63) is 29.1 Å². The maximum atomic E-state index is 9.87. The van der Waals surface area contributed by atoms with Crippen LogP contribution in [0.5, 0.6) is 0 Å². The summed E-state index contributed by atoms with van der Waals surface area (Å²) in [7, 11) is -10.7. The third-order valence-corrected chi connectivity index (χ3v) is 8.13. The zero-order valence-electron chi connectivity index (χ0n) is 28.2. The molecule has 0 aromatic carbocycles. The molecule has 1 rings (SSSR count). The maximum absolute atomic E-state index is 10.7. The van der Waals surface area contributed by atoms with Crippen LogP contribution in [0.25, 0.3) is 0 Å². The van der Waals surface area contributed by atoms with E-state index in [1.165, 1.54) is 178 Å². The standard InChI is InChI=1S/C35H66N.F6P/c1-5-7-9-11-13-15-17-19-21-23-25-27-29-35-32-33(3)31-34(4)36(35)30-28-26-24-22-20-18-16-14-12-10-8-6-2;1-7(2,3,4,5)6/h31-32H,5-30H2,1-4H3;/q+1;-1. The number of nitrogens with zero attached hydrogens (tertiary/aromatic N) is 1. The normalized spacial score (nSPS) is 13.3. The van der Waals surface area contributed by atoms with Gasteiger partial charge in [-0.05, 0) is 25.3 Å². The van der Waals surface area contributed by atoms with E-state index in [1.807, 2.05) is 0 Å². The van der Waals surface area contributed by atoms with Crippen LogP contribution in [0.15, 0.2) is 12.1 Å². The molecule has 1 nitrogen and oxygen atoms in total. The van der Waals surface area contributed by atoms with E-state index in [1.54, 1.807) is 5.69 Å². The summed E-state index contributed by atoms with van der Waals surface area (Å²) in [5.74, 6) is 0. The van der Waals surface area contributed by atoms with E-state index >= 15 is 0 Å². The molecule has 1 heterocycles. The second kappa shape index (κ2) is 22.6. The molecule has 1 aromatic rings. The third kappa shape index (κ3) is 33.9. The van der Waals surface area contributed by atoms with Crippen LogP contribution in [0, 0.1) is 13.8 Å². The fraction of sp³-hybridized carbons (Fsp3) is 0.857. The Labute approximate surface area is 261 Å². The summed E-state index contributed by atoms with van der Waals surface area (Å²) >= 11 is 0. The number of aryl methyl sites for hydroxylation is 3. The van der Waals surface area contributed by atoms with Gasteiger partial charge in [0.05, 0.1) is 0 Å². The monoisotopic (exact) mass is 645 g/mol. The number of aromatic nitrogens is 1. The Bertz CT molecular complexity index is 799. The second-order valence-electron chi connectivity index (χ2n) is 12.8. The molecule has 1 aromatic heterocycles. The van der Waals surface area contributed by atoms with Gasteiger partial charge < -0.3 is 0 Å². The van der Waals surface area contributed by atoms with Gasteiger partial charge in [-0.25, -0.2) is 4.57 Å². The van der Waals surface area contributed by atoms with Crippen LogP contribution >= 0.6 is 7.81 Å². The van der Waals surface area contributed by atoms with Gasteiger partial charge in [0.15, 0.2) is 11.4 Å². The molecule has 0 saturated carbocycles. The van der Waals surface area contributed by atoms with Crippen LogP contribution in [0.3, 0.4) is 0 Å². The molecule has 0 N–H and O–H groups in total. The van der Waals surface area contributed by atoms with Gasteiger partial charge in [-0.1, -0.05) is 149 Å². The van der Waals surface area contributed by atoms with E-state index in [9.17, 15) is 25.2 Å². The molecule has 0 saturated heterocycles. The first-order valence-electron chi connectivity index (χ1n) is 17.7. The van der Waals surface area contributed by atoms with E-state index in [0.29, 0.717) is 0 Å². The van der Waals surface area contributed by atoms with E-state index in [2.05, 4.69) is 44.4 Å². The number of unbranched alkanes of at least 4 members (excludes halogenated alkanes) is 22. The molecule has 0 aliphatic rings. The summed E-state index contributed by atoms with van der Waals surface area (Å²) in [5, 5.41) is 0. The van der Waals surface area contributed by atoms with Crippen LogP contribution < -0.4 is 4.57 Å². The van der Waals surface area contributed by atoms with Crippen LogP contribution in [0.2, 0.25) is 0 Å². The van der Waals surface area contributed by atoms with Gasteiger partial charge in [-0.2, -0.15) is 0 Å². The Hall–Kier alpha value is -0.840. The van der Waals surface area contributed by atoms with Crippen molar-refractivity contribution in [2.24, 2.45) is 0 Å². The van der Waals surface area contributed by atoms with Crippen molar-refractivity contribution in [1.82, 2.24) is 0 Å². The number of hydrogen-bond acceptors (Lipinski definition) is 0. The Balaban J connectivity index is 0.00000223. The SMILES string of the molecule is CCCCCCCCCCCCCCc1cc(C)cc(C)[n+]1CCCCCCCCCCCCCC.F[P-](F)(F)(F)(F)F. The minimum absolute atomic E-state index is 1.22. The zero-order chi connectivity index (χ0) is 32.5. The van der Waals surface area contributed by atoms with Gasteiger partial charge in [0.2, 0.25) is 0 Å². The van der Waals surface area contributed by atoms with Gasteiger partial charge in [0, 0.05) is 31.9 Å². The fourth-order valence-electron chi connectivity index (χ4n) is 5.80. The zero-order valence-corrected chi connectivity index (χ0v) is 29.1. The molecule has 0 atom stereocenters. The van der Waals surface area contributed by atoms with Crippen molar-refractivity contribution in [2.45, 2.75) is 195 Å². The van der Waals surface area contributed by atoms with Gasteiger partial charge >= 0.3 is 33.0 Å². The topological polar surface area (TPSA) is 3.88 Å². The number of pyridine rings is 1. The number of halogens is 6. The van der Waals surface area contributed by atoms with Gasteiger partial charge in [-0.3, -0.25) is 0 Å². The molecule has 0 bridgehead atoms. The van der Waals surface area contributed by atoms with Crippen molar-refractivity contribution in [3.63, 3.8) is 0 Å². The molecule has 258 valence electrons. The summed E-state index contributed by atoms with van der Waals surface area (Å²) in [6.07, 6.45) is 35.6. The van der Waals surface area contributed by atoms with Crippen molar-refractivity contribution >= 4 is 7.81 Å². The molecule has 0 amide bonds. The molecule has 0 fully saturated rings. The Morgan fingerprint density at radius 3 is 1.12 bits per heavy atom. The molecule has 0 aliphatic heterocycles. The van der Waals surface area contributed by atoms with Crippen molar-refractivity contribution < 1.29 is 29.7 Å². The first-order chi connectivity index (χ1) is 20.1. The van der Waals surface area contributed by atoms with Crippen LogP contribution in [-0.2, 0) is 13.0 Å². The molecule has 8 heteroatoms. The van der Waals surface area contributed by atoms with Crippen molar-refractivity contribution in [3.8, 4) is 0 Å². The molecule has 0 aliphatic carbocycles. The average molecular weight is 646 g/mol. The Morgan fingerprint density at radius 2 is 0.767 bits per heavy atom. The van der Waals surface area contributed by atoms with Crippen molar-refractivity contribution in [2.75, 3.05) is 0 Å². The summed E-state index contributed by atoms with van der Waals surface area (Å²) < 4.78 is 61.8. The molecule has 0 spiro atoms. The van der Waals surface area contributed by atoms with E-state index in [4.69, 9.17) is 0 Å². The van der Waals surface area contributed by atoms with Gasteiger partial charge in [0.25, 0.3) is 0 Å². The van der Waals surface area contributed by atoms with E-state index in [0.717, 1.165) is 0 Å². The third-order valence-electron chi connectivity index (χ3n) is 8.13. The minimum atomic E-state index is -10.7. The summed E-state index contributed by atoms with van der Waals surface area (Å²) in [5.41, 5.74) is 4.49. The van der Waals surface area contributed by atoms with Crippen molar-refractivity contribution in [1.29, 1.82) is 0 Å². The molecule has 0 radical (unpaired) electrons. The fourth-order valence-corrected chi connectivity index (χ4v) is 5.80. The summed E-state index contributed by atoms with van der Waals surface area (Å²) in [4.78, 5) is 0. The van der Waals surface area contributed by atoms with Crippen LogP contribution in [0.4, 0.5) is 25.2 Å².